The van der Waals surface area contributed by atoms with Crippen molar-refractivity contribution in [1.82, 2.24) is 14.5 Å². The quantitative estimate of drug-likeness (QED) is 0.501. The molecule has 1 saturated carbocycles. The molecule has 168 valence electrons. The van der Waals surface area contributed by atoms with E-state index in [0.717, 1.165) is 17.8 Å². The molecule has 0 amide bonds. The minimum absolute atomic E-state index is 0.305. The first-order valence-corrected chi connectivity index (χ1v) is 11.9. The third kappa shape index (κ3) is 4.31. The van der Waals surface area contributed by atoms with Crippen LogP contribution in [-0.4, -0.2) is 47.2 Å². The fraction of sp³-hybridized carbons (Fsp3) is 0.481. The zero-order valence-electron chi connectivity index (χ0n) is 19.2. The normalized spacial score (nSPS) is 19.1. The van der Waals surface area contributed by atoms with E-state index in [9.17, 15) is 4.79 Å². The molecule has 5 heteroatoms. The van der Waals surface area contributed by atoms with E-state index in [1.807, 2.05) is 24.3 Å². The first-order chi connectivity index (χ1) is 15.5. The Morgan fingerprint density at radius 3 is 2.56 bits per heavy atom. The molecule has 2 aliphatic rings. The third-order valence-corrected chi connectivity index (χ3v) is 7.58. The Balaban J connectivity index is 1.24. The van der Waals surface area contributed by atoms with E-state index in [-0.39, 0.29) is 5.97 Å². The zero-order chi connectivity index (χ0) is 22.1. The van der Waals surface area contributed by atoms with Gasteiger partial charge in [-0.25, -0.2) is 9.78 Å². The largest absolute Gasteiger partial charge is 0.465 e. The van der Waals surface area contributed by atoms with Gasteiger partial charge < -0.3 is 14.2 Å². The lowest BCUT2D eigenvalue weighted by Crippen LogP contribution is -2.43. The second-order valence-electron chi connectivity index (χ2n) is 10.0. The van der Waals surface area contributed by atoms with E-state index in [2.05, 4.69) is 40.9 Å². The Bertz CT molecular complexity index is 1090. The predicted molar refractivity (Wildman–Crippen MR) is 127 cm³/mol. The average molecular weight is 432 g/mol. The van der Waals surface area contributed by atoms with Gasteiger partial charge in [0.15, 0.2) is 0 Å². The van der Waals surface area contributed by atoms with Crippen molar-refractivity contribution in [2.24, 2.45) is 5.41 Å². The molecule has 3 heterocycles. The second kappa shape index (κ2) is 8.70. The number of benzene rings is 1. The Morgan fingerprint density at radius 1 is 1.16 bits per heavy atom. The molecule has 32 heavy (non-hydrogen) atoms. The van der Waals surface area contributed by atoms with E-state index in [1.165, 1.54) is 69.8 Å². The first-order valence-electron chi connectivity index (χ1n) is 11.9. The fourth-order valence-corrected chi connectivity index (χ4v) is 5.41. The maximum Gasteiger partial charge on any atom is 0.337 e. The Morgan fingerprint density at radius 2 is 1.91 bits per heavy atom. The van der Waals surface area contributed by atoms with Crippen molar-refractivity contribution in [1.29, 1.82) is 0 Å². The van der Waals surface area contributed by atoms with Crippen molar-refractivity contribution in [2.75, 3.05) is 26.7 Å². The molecule has 2 aromatic heterocycles. The third-order valence-electron chi connectivity index (χ3n) is 7.58. The number of piperidine rings is 1. The summed E-state index contributed by atoms with van der Waals surface area (Å²) in [6.07, 6.45) is 10.9. The molecular weight excluding hydrogens is 398 g/mol. The number of ether oxygens (including phenoxy) is 1. The Hall–Kier alpha value is -2.66. The maximum atomic E-state index is 11.6. The van der Waals surface area contributed by atoms with Gasteiger partial charge in [-0.1, -0.05) is 25.5 Å². The van der Waals surface area contributed by atoms with Crippen molar-refractivity contribution in [3.63, 3.8) is 0 Å². The molecule has 0 N–H and O–H groups in total. The van der Waals surface area contributed by atoms with Crippen LogP contribution < -0.4 is 0 Å². The van der Waals surface area contributed by atoms with Crippen LogP contribution in [0, 0.1) is 5.41 Å². The van der Waals surface area contributed by atoms with Crippen molar-refractivity contribution in [3.05, 3.63) is 65.5 Å². The van der Waals surface area contributed by atoms with Gasteiger partial charge in [0, 0.05) is 30.9 Å². The lowest BCUT2D eigenvalue weighted by atomic mass is 9.70. The van der Waals surface area contributed by atoms with Gasteiger partial charge in [-0.3, -0.25) is 0 Å². The minimum atomic E-state index is -0.305. The summed E-state index contributed by atoms with van der Waals surface area (Å²) in [5, 5.41) is 1.21. The van der Waals surface area contributed by atoms with Gasteiger partial charge in [0.05, 0.1) is 12.7 Å². The van der Waals surface area contributed by atoms with Gasteiger partial charge in [0.25, 0.3) is 0 Å². The van der Waals surface area contributed by atoms with Crippen LogP contribution in [0.5, 0.6) is 0 Å². The number of pyridine rings is 1. The van der Waals surface area contributed by atoms with Crippen LogP contribution in [0.3, 0.4) is 0 Å². The molecule has 2 fully saturated rings. The molecule has 3 aromatic rings. The number of hydrogen-bond donors (Lipinski definition) is 0. The number of likely N-dealkylation sites (tertiary alicyclic amines) is 1. The van der Waals surface area contributed by atoms with Crippen LogP contribution in [0.15, 0.2) is 48.8 Å². The highest BCUT2D eigenvalue weighted by Crippen LogP contribution is 2.42. The topological polar surface area (TPSA) is 47.4 Å². The standard InChI is InChI=1S/C27H33N3O2/c1-27(11-3-12-27)19-29-13-8-21(9-14-29)24-16-23-10-15-30(25(23)28-17-24)18-20-4-6-22(7-5-20)26(31)32-2/h4-7,10,15-17,21H,3,8-9,11-14,18-19H2,1-2H3. The summed E-state index contributed by atoms with van der Waals surface area (Å²) in [7, 11) is 1.40. The van der Waals surface area contributed by atoms with E-state index in [4.69, 9.17) is 9.72 Å². The average Bonchev–Trinajstić information content (AvgIpc) is 3.20. The van der Waals surface area contributed by atoms with Crippen LogP contribution >= 0.6 is 0 Å². The Labute approximate surface area is 190 Å². The van der Waals surface area contributed by atoms with Crippen molar-refractivity contribution in [2.45, 2.75) is 51.5 Å². The molecule has 1 saturated heterocycles. The molecule has 1 aromatic carbocycles. The molecule has 5 nitrogen and oxygen atoms in total. The number of fused-ring (bicyclic) bond motifs is 1. The summed E-state index contributed by atoms with van der Waals surface area (Å²) >= 11 is 0. The molecule has 0 radical (unpaired) electrons. The molecule has 0 unspecified atom stereocenters. The minimum Gasteiger partial charge on any atom is -0.465 e. The number of esters is 1. The van der Waals surface area contributed by atoms with Crippen LogP contribution in [-0.2, 0) is 11.3 Å². The molecule has 1 aliphatic carbocycles. The summed E-state index contributed by atoms with van der Waals surface area (Å²) in [5.74, 6) is 0.312. The molecule has 0 atom stereocenters. The zero-order valence-corrected chi connectivity index (χ0v) is 19.2. The number of aromatic nitrogens is 2. The number of carbonyl (C=O) groups is 1. The summed E-state index contributed by atoms with van der Waals surface area (Å²) in [6.45, 7) is 6.88. The second-order valence-corrected chi connectivity index (χ2v) is 10.0. The summed E-state index contributed by atoms with van der Waals surface area (Å²) in [6, 6.07) is 12.1. The maximum absolute atomic E-state index is 11.6. The van der Waals surface area contributed by atoms with Gasteiger partial charge in [-0.2, -0.15) is 0 Å². The van der Waals surface area contributed by atoms with Crippen LogP contribution in [0.25, 0.3) is 11.0 Å². The predicted octanol–water partition coefficient (Wildman–Crippen LogP) is 5.24. The number of methoxy groups -OCH3 is 1. The van der Waals surface area contributed by atoms with Gasteiger partial charge in [-0.15, -0.1) is 0 Å². The van der Waals surface area contributed by atoms with Crippen LogP contribution in [0.1, 0.15) is 66.4 Å². The van der Waals surface area contributed by atoms with E-state index < -0.39 is 0 Å². The Kier molecular flexibility index (Phi) is 5.76. The lowest BCUT2D eigenvalue weighted by molar-refractivity contribution is 0.0600. The van der Waals surface area contributed by atoms with Crippen molar-refractivity contribution < 1.29 is 9.53 Å². The number of hydrogen-bond acceptors (Lipinski definition) is 4. The summed E-state index contributed by atoms with van der Waals surface area (Å²) in [4.78, 5) is 19.2. The number of rotatable bonds is 6. The summed E-state index contributed by atoms with van der Waals surface area (Å²) < 4.78 is 6.95. The van der Waals surface area contributed by atoms with Gasteiger partial charge in [-0.05, 0) is 85.5 Å². The monoisotopic (exact) mass is 431 g/mol. The molecule has 5 rings (SSSR count). The van der Waals surface area contributed by atoms with Gasteiger partial charge in [0.1, 0.15) is 5.65 Å². The molecule has 1 aliphatic heterocycles. The molecule has 0 bridgehead atoms. The number of nitrogens with zero attached hydrogens (tertiary/aromatic N) is 3. The lowest BCUT2D eigenvalue weighted by Gasteiger charge is -2.44. The van der Waals surface area contributed by atoms with E-state index >= 15 is 0 Å². The van der Waals surface area contributed by atoms with Gasteiger partial charge >= 0.3 is 5.97 Å². The van der Waals surface area contributed by atoms with E-state index in [1.54, 1.807) is 0 Å². The highest BCUT2D eigenvalue weighted by Gasteiger charge is 2.34. The smallest absolute Gasteiger partial charge is 0.337 e. The first kappa shape index (κ1) is 21.2. The summed E-state index contributed by atoms with van der Waals surface area (Å²) in [5.41, 5.74) is 4.68. The van der Waals surface area contributed by atoms with Crippen LogP contribution in [0.4, 0.5) is 0 Å². The van der Waals surface area contributed by atoms with Gasteiger partial charge in [0.2, 0.25) is 0 Å². The van der Waals surface area contributed by atoms with Crippen molar-refractivity contribution >= 4 is 17.0 Å². The molecular formula is C27H33N3O2. The number of carbonyl (C=O) groups excluding carboxylic acids is 1. The highest BCUT2D eigenvalue weighted by atomic mass is 16.5. The van der Waals surface area contributed by atoms with Crippen molar-refractivity contribution in [3.8, 4) is 0 Å². The SMILES string of the molecule is COC(=O)c1ccc(Cn2ccc3cc(C4CCN(CC5(C)CCC5)CC4)cnc32)cc1. The fourth-order valence-electron chi connectivity index (χ4n) is 5.41. The highest BCUT2D eigenvalue weighted by molar-refractivity contribution is 5.89. The van der Waals surface area contributed by atoms with Crippen LogP contribution in [0.2, 0.25) is 0 Å². The molecule has 0 spiro atoms. The van der Waals surface area contributed by atoms with E-state index in [0.29, 0.717) is 16.9 Å².